The van der Waals surface area contributed by atoms with E-state index < -0.39 is 0 Å². The van der Waals surface area contributed by atoms with Crippen LogP contribution in [0.5, 0.6) is 0 Å². The molecule has 0 fully saturated rings. The first-order chi connectivity index (χ1) is 10.8. The fourth-order valence-electron chi connectivity index (χ4n) is 1.89. The Bertz CT molecular complexity index is 727. The van der Waals surface area contributed by atoms with E-state index in [1.165, 1.54) is 11.9 Å². The van der Waals surface area contributed by atoms with Gasteiger partial charge in [-0.25, -0.2) is 5.10 Å². The maximum atomic E-state index is 12.0. The van der Waals surface area contributed by atoms with Crippen LogP contribution in [-0.4, -0.2) is 21.1 Å². The van der Waals surface area contributed by atoms with Crippen molar-refractivity contribution < 1.29 is 4.79 Å². The normalized spacial score (nSPS) is 10.4. The van der Waals surface area contributed by atoms with Gasteiger partial charge in [0, 0.05) is 16.2 Å². The molecule has 0 spiro atoms. The predicted molar refractivity (Wildman–Crippen MR) is 86.8 cm³/mol. The molecule has 0 aliphatic heterocycles. The van der Waals surface area contributed by atoms with E-state index in [2.05, 4.69) is 32.6 Å². The summed E-state index contributed by atoms with van der Waals surface area (Å²) >= 11 is 1.74. The van der Waals surface area contributed by atoms with E-state index in [-0.39, 0.29) is 5.91 Å². The molecule has 3 aromatic rings. The van der Waals surface area contributed by atoms with Crippen LogP contribution in [0.4, 0.5) is 5.95 Å². The van der Waals surface area contributed by atoms with E-state index in [0.717, 1.165) is 10.6 Å². The van der Waals surface area contributed by atoms with Crippen molar-refractivity contribution in [2.75, 3.05) is 5.32 Å². The summed E-state index contributed by atoms with van der Waals surface area (Å²) in [6, 6.07) is 17.8. The number of aromatic amines is 1. The lowest BCUT2D eigenvalue weighted by Crippen LogP contribution is -2.12. The lowest BCUT2D eigenvalue weighted by atomic mass is 10.2. The van der Waals surface area contributed by atoms with Gasteiger partial charge in [-0.05, 0) is 29.8 Å². The van der Waals surface area contributed by atoms with Gasteiger partial charge in [-0.1, -0.05) is 30.3 Å². The molecule has 22 heavy (non-hydrogen) atoms. The molecule has 3 rings (SSSR count). The number of carbonyl (C=O) groups excluding carboxylic acids is 1. The fraction of sp³-hybridized carbons (Fsp3) is 0.0625. The van der Waals surface area contributed by atoms with Crippen molar-refractivity contribution in [3.8, 4) is 0 Å². The van der Waals surface area contributed by atoms with Gasteiger partial charge in [-0.15, -0.1) is 11.8 Å². The first kappa shape index (κ1) is 14.3. The van der Waals surface area contributed by atoms with Crippen LogP contribution < -0.4 is 5.32 Å². The highest BCUT2D eigenvalue weighted by Gasteiger charge is 2.07. The number of aromatic nitrogens is 3. The maximum Gasteiger partial charge on any atom is 0.258 e. The molecule has 1 aromatic heterocycles. The summed E-state index contributed by atoms with van der Waals surface area (Å²) in [6.07, 6.45) is 1.35. The Balaban J connectivity index is 1.59. The fourth-order valence-corrected chi connectivity index (χ4v) is 2.74. The molecule has 0 saturated heterocycles. The Morgan fingerprint density at radius 1 is 1.09 bits per heavy atom. The van der Waals surface area contributed by atoms with Crippen LogP contribution in [-0.2, 0) is 5.75 Å². The highest BCUT2D eigenvalue weighted by atomic mass is 32.2. The summed E-state index contributed by atoms with van der Waals surface area (Å²) in [4.78, 5) is 17.0. The number of H-pyrrole nitrogens is 1. The molecule has 0 saturated carbocycles. The van der Waals surface area contributed by atoms with Crippen molar-refractivity contribution in [2.45, 2.75) is 10.6 Å². The van der Waals surface area contributed by atoms with E-state index >= 15 is 0 Å². The third-order valence-corrected chi connectivity index (χ3v) is 4.09. The molecule has 1 heterocycles. The van der Waals surface area contributed by atoms with Crippen molar-refractivity contribution >= 4 is 23.6 Å². The van der Waals surface area contributed by atoms with Gasteiger partial charge in [0.1, 0.15) is 6.33 Å². The third-order valence-electron chi connectivity index (χ3n) is 3.01. The van der Waals surface area contributed by atoms with Gasteiger partial charge in [0.15, 0.2) is 0 Å². The number of hydrogen-bond acceptors (Lipinski definition) is 4. The molecular weight excluding hydrogens is 296 g/mol. The number of thioether (sulfide) groups is 1. The SMILES string of the molecule is O=C(Nc1ncn[nH]1)c1ccc(SCc2ccccc2)cc1. The summed E-state index contributed by atoms with van der Waals surface area (Å²) < 4.78 is 0. The van der Waals surface area contributed by atoms with Crippen LogP contribution in [0.1, 0.15) is 15.9 Å². The number of benzene rings is 2. The Labute approximate surface area is 132 Å². The van der Waals surface area contributed by atoms with Gasteiger partial charge in [0.25, 0.3) is 5.91 Å². The zero-order valence-electron chi connectivity index (χ0n) is 11.7. The van der Waals surface area contributed by atoms with Crippen molar-refractivity contribution in [3.05, 3.63) is 72.1 Å². The van der Waals surface area contributed by atoms with Crippen molar-refractivity contribution in [2.24, 2.45) is 0 Å². The Morgan fingerprint density at radius 3 is 2.55 bits per heavy atom. The van der Waals surface area contributed by atoms with Crippen LogP contribution in [0, 0.1) is 0 Å². The van der Waals surface area contributed by atoms with E-state index in [0.29, 0.717) is 11.5 Å². The van der Waals surface area contributed by atoms with Crippen LogP contribution >= 0.6 is 11.8 Å². The predicted octanol–water partition coefficient (Wildman–Crippen LogP) is 3.35. The van der Waals surface area contributed by atoms with Crippen LogP contribution in [0.25, 0.3) is 0 Å². The number of rotatable bonds is 5. The number of nitrogens with zero attached hydrogens (tertiary/aromatic N) is 2. The molecule has 0 radical (unpaired) electrons. The molecule has 6 heteroatoms. The highest BCUT2D eigenvalue weighted by Crippen LogP contribution is 2.23. The second-order valence-electron chi connectivity index (χ2n) is 4.59. The number of hydrogen-bond donors (Lipinski definition) is 2. The molecule has 0 aliphatic carbocycles. The Kier molecular flexibility index (Phi) is 4.50. The zero-order valence-corrected chi connectivity index (χ0v) is 12.5. The van der Waals surface area contributed by atoms with Crippen molar-refractivity contribution in [1.82, 2.24) is 15.2 Å². The largest absolute Gasteiger partial charge is 0.291 e. The summed E-state index contributed by atoms with van der Waals surface area (Å²) in [6.45, 7) is 0. The lowest BCUT2D eigenvalue weighted by Gasteiger charge is -2.04. The molecule has 110 valence electrons. The van der Waals surface area contributed by atoms with Gasteiger partial charge in [-0.2, -0.15) is 10.1 Å². The van der Waals surface area contributed by atoms with E-state index in [1.54, 1.807) is 23.9 Å². The minimum Gasteiger partial charge on any atom is -0.291 e. The average Bonchev–Trinajstić information content (AvgIpc) is 3.07. The molecular formula is C16H14N4OS. The molecule has 0 bridgehead atoms. The monoisotopic (exact) mass is 310 g/mol. The quantitative estimate of drug-likeness (QED) is 0.709. The molecule has 0 atom stereocenters. The third kappa shape index (κ3) is 3.73. The number of anilines is 1. The van der Waals surface area contributed by atoms with Gasteiger partial charge >= 0.3 is 0 Å². The van der Waals surface area contributed by atoms with Crippen molar-refractivity contribution in [3.63, 3.8) is 0 Å². The van der Waals surface area contributed by atoms with Gasteiger partial charge in [0.2, 0.25) is 5.95 Å². The summed E-state index contributed by atoms with van der Waals surface area (Å²) in [5.74, 6) is 1.04. The molecule has 2 aromatic carbocycles. The number of nitrogens with one attached hydrogen (secondary N) is 2. The zero-order chi connectivity index (χ0) is 15.2. The minimum atomic E-state index is -0.212. The van der Waals surface area contributed by atoms with Gasteiger partial charge < -0.3 is 0 Å². The standard InChI is InChI=1S/C16H14N4OS/c21-15(19-16-17-11-18-20-16)13-6-8-14(9-7-13)22-10-12-4-2-1-3-5-12/h1-9,11H,10H2,(H2,17,18,19,20,21). The second kappa shape index (κ2) is 6.91. The smallest absolute Gasteiger partial charge is 0.258 e. The lowest BCUT2D eigenvalue weighted by molar-refractivity contribution is 0.102. The molecule has 2 N–H and O–H groups in total. The molecule has 5 nitrogen and oxygen atoms in total. The number of carbonyl (C=O) groups is 1. The molecule has 0 unspecified atom stereocenters. The second-order valence-corrected chi connectivity index (χ2v) is 5.64. The highest BCUT2D eigenvalue weighted by molar-refractivity contribution is 7.98. The van der Waals surface area contributed by atoms with E-state index in [9.17, 15) is 4.79 Å². The van der Waals surface area contributed by atoms with Crippen LogP contribution in [0.15, 0.2) is 65.8 Å². The summed E-state index contributed by atoms with van der Waals surface area (Å²) in [5, 5.41) is 8.91. The maximum absolute atomic E-state index is 12.0. The van der Waals surface area contributed by atoms with Gasteiger partial charge in [0.05, 0.1) is 0 Å². The average molecular weight is 310 g/mol. The molecule has 1 amide bonds. The van der Waals surface area contributed by atoms with Crippen LogP contribution in [0.3, 0.4) is 0 Å². The summed E-state index contributed by atoms with van der Waals surface area (Å²) in [7, 11) is 0. The van der Waals surface area contributed by atoms with Gasteiger partial charge in [-0.3, -0.25) is 10.1 Å². The first-order valence-corrected chi connectivity index (χ1v) is 7.73. The first-order valence-electron chi connectivity index (χ1n) is 6.75. The summed E-state index contributed by atoms with van der Waals surface area (Å²) in [5.41, 5.74) is 1.86. The van der Waals surface area contributed by atoms with E-state index in [4.69, 9.17) is 0 Å². The number of amides is 1. The van der Waals surface area contributed by atoms with E-state index in [1.807, 2.05) is 30.3 Å². The van der Waals surface area contributed by atoms with Crippen molar-refractivity contribution in [1.29, 1.82) is 0 Å². The Hall–Kier alpha value is -2.60. The molecule has 0 aliphatic rings. The topological polar surface area (TPSA) is 70.7 Å². The van der Waals surface area contributed by atoms with Crippen LogP contribution in [0.2, 0.25) is 0 Å². The minimum absolute atomic E-state index is 0.212. The Morgan fingerprint density at radius 2 is 1.86 bits per heavy atom.